The smallest absolute Gasteiger partial charge is 0.263 e. The Bertz CT molecular complexity index is 1020. The highest BCUT2D eigenvalue weighted by Crippen LogP contribution is 2.22. The molecule has 0 saturated carbocycles. The molecule has 0 aliphatic rings. The van der Waals surface area contributed by atoms with E-state index < -0.39 is 21.7 Å². The minimum atomic E-state index is -3.81. The summed E-state index contributed by atoms with van der Waals surface area (Å²) in [5.41, 5.74) is 0.431. The molecule has 0 aliphatic heterocycles. The third-order valence-corrected chi connectivity index (χ3v) is 4.77. The Hall–Kier alpha value is -3.07. The number of aromatic nitrogens is 2. The van der Waals surface area contributed by atoms with Crippen LogP contribution >= 0.6 is 0 Å². The highest BCUT2D eigenvalue weighted by atomic mass is 32.2. The molecule has 1 heterocycles. The predicted octanol–water partition coefficient (Wildman–Crippen LogP) is 3.61. The van der Waals surface area contributed by atoms with Gasteiger partial charge in [-0.2, -0.15) is 0 Å². The van der Waals surface area contributed by atoms with Crippen LogP contribution in [0, 0.1) is 18.6 Å². The number of nitrogens with one attached hydrogen (secondary N) is 2. The molecular weight excluding hydrogens is 362 g/mol. The minimum Gasteiger partial charge on any atom is -0.334 e. The Kier molecular flexibility index (Phi) is 4.81. The SMILES string of the molecule is Cc1cccc(S(=O)(=O)Nc2ccc(Nc3c(F)cccc3F)nn2)c1. The van der Waals surface area contributed by atoms with E-state index >= 15 is 0 Å². The number of hydrogen-bond donors (Lipinski definition) is 2. The van der Waals surface area contributed by atoms with E-state index in [-0.39, 0.29) is 22.2 Å². The van der Waals surface area contributed by atoms with Gasteiger partial charge in [0.2, 0.25) is 0 Å². The Morgan fingerprint density at radius 2 is 1.50 bits per heavy atom. The molecule has 134 valence electrons. The Morgan fingerprint density at radius 3 is 2.12 bits per heavy atom. The molecule has 0 fully saturated rings. The van der Waals surface area contributed by atoms with Crippen molar-refractivity contribution in [1.82, 2.24) is 10.2 Å². The molecule has 2 aromatic carbocycles. The highest BCUT2D eigenvalue weighted by molar-refractivity contribution is 7.92. The van der Waals surface area contributed by atoms with Crippen molar-refractivity contribution in [1.29, 1.82) is 0 Å². The van der Waals surface area contributed by atoms with Gasteiger partial charge in [-0.1, -0.05) is 18.2 Å². The molecule has 3 aromatic rings. The van der Waals surface area contributed by atoms with E-state index in [4.69, 9.17) is 0 Å². The lowest BCUT2D eigenvalue weighted by molar-refractivity contribution is 0.590. The van der Waals surface area contributed by atoms with Crippen molar-refractivity contribution >= 4 is 27.3 Å². The second-order valence-electron chi connectivity index (χ2n) is 5.45. The summed E-state index contributed by atoms with van der Waals surface area (Å²) in [4.78, 5) is 0.0925. The largest absolute Gasteiger partial charge is 0.334 e. The molecule has 9 heteroatoms. The van der Waals surface area contributed by atoms with Gasteiger partial charge in [0.05, 0.1) is 4.90 Å². The van der Waals surface area contributed by atoms with Crippen molar-refractivity contribution in [2.24, 2.45) is 0 Å². The van der Waals surface area contributed by atoms with Crippen LogP contribution in [-0.2, 0) is 10.0 Å². The van der Waals surface area contributed by atoms with Crippen LogP contribution in [0.1, 0.15) is 5.56 Å². The Morgan fingerprint density at radius 1 is 0.885 bits per heavy atom. The lowest BCUT2D eigenvalue weighted by Crippen LogP contribution is -2.14. The number of sulfonamides is 1. The van der Waals surface area contributed by atoms with Crippen molar-refractivity contribution in [2.45, 2.75) is 11.8 Å². The summed E-state index contributed by atoms with van der Waals surface area (Å²) in [6.07, 6.45) is 0. The fourth-order valence-corrected chi connectivity index (χ4v) is 3.28. The second-order valence-corrected chi connectivity index (χ2v) is 7.13. The van der Waals surface area contributed by atoms with Gasteiger partial charge in [0, 0.05) is 0 Å². The van der Waals surface area contributed by atoms with Crippen molar-refractivity contribution in [3.8, 4) is 0 Å². The number of rotatable bonds is 5. The lowest BCUT2D eigenvalue weighted by atomic mass is 10.2. The van der Waals surface area contributed by atoms with Gasteiger partial charge >= 0.3 is 0 Å². The van der Waals surface area contributed by atoms with Crippen LogP contribution in [0.2, 0.25) is 0 Å². The first-order valence-corrected chi connectivity index (χ1v) is 8.98. The first-order chi connectivity index (χ1) is 12.3. The summed E-state index contributed by atoms with van der Waals surface area (Å²) in [6.45, 7) is 1.78. The molecule has 2 N–H and O–H groups in total. The van der Waals surface area contributed by atoms with E-state index in [1.165, 1.54) is 30.3 Å². The zero-order valence-corrected chi connectivity index (χ0v) is 14.4. The maximum absolute atomic E-state index is 13.6. The second kappa shape index (κ2) is 7.04. The average Bonchev–Trinajstić information content (AvgIpc) is 2.59. The summed E-state index contributed by atoms with van der Waals surface area (Å²) in [7, 11) is -3.81. The van der Waals surface area contributed by atoms with E-state index in [2.05, 4.69) is 20.2 Å². The van der Waals surface area contributed by atoms with Gasteiger partial charge in [0.15, 0.2) is 11.6 Å². The van der Waals surface area contributed by atoms with E-state index in [0.717, 1.165) is 17.7 Å². The first-order valence-electron chi connectivity index (χ1n) is 7.49. The van der Waals surface area contributed by atoms with Crippen molar-refractivity contribution in [3.05, 3.63) is 71.8 Å². The average molecular weight is 376 g/mol. The van der Waals surface area contributed by atoms with Crippen LogP contribution < -0.4 is 10.0 Å². The minimum absolute atomic E-state index is 0.0222. The van der Waals surface area contributed by atoms with Gasteiger partial charge in [0.25, 0.3) is 10.0 Å². The number of nitrogens with zero attached hydrogens (tertiary/aromatic N) is 2. The van der Waals surface area contributed by atoms with Crippen LogP contribution in [0.25, 0.3) is 0 Å². The number of anilines is 3. The topological polar surface area (TPSA) is 84.0 Å². The van der Waals surface area contributed by atoms with Gasteiger partial charge < -0.3 is 5.32 Å². The van der Waals surface area contributed by atoms with Crippen molar-refractivity contribution in [2.75, 3.05) is 10.0 Å². The molecule has 1 aromatic heterocycles. The van der Waals surface area contributed by atoms with E-state index in [9.17, 15) is 17.2 Å². The monoisotopic (exact) mass is 376 g/mol. The maximum atomic E-state index is 13.6. The molecule has 0 bridgehead atoms. The van der Waals surface area contributed by atoms with Crippen molar-refractivity contribution < 1.29 is 17.2 Å². The predicted molar refractivity (Wildman–Crippen MR) is 93.7 cm³/mol. The molecule has 3 rings (SSSR count). The zero-order chi connectivity index (χ0) is 18.7. The normalized spacial score (nSPS) is 11.2. The molecule has 0 amide bonds. The Labute approximate surface area is 149 Å². The highest BCUT2D eigenvalue weighted by Gasteiger charge is 2.15. The summed E-state index contributed by atoms with van der Waals surface area (Å²) >= 11 is 0. The van der Waals surface area contributed by atoms with Gasteiger partial charge in [-0.15, -0.1) is 10.2 Å². The molecule has 0 saturated heterocycles. The molecule has 0 atom stereocenters. The number of halogens is 2. The van der Waals surface area contributed by atoms with E-state index in [1.807, 2.05) is 0 Å². The summed E-state index contributed by atoms with van der Waals surface area (Å²) in [5.74, 6) is -1.52. The van der Waals surface area contributed by atoms with Gasteiger partial charge in [-0.3, -0.25) is 4.72 Å². The molecule has 26 heavy (non-hydrogen) atoms. The number of para-hydroxylation sites is 1. The summed E-state index contributed by atoms with van der Waals surface area (Å²) < 4.78 is 54.2. The molecule has 0 spiro atoms. The number of benzene rings is 2. The number of aryl methyl sites for hydroxylation is 1. The summed E-state index contributed by atoms with van der Waals surface area (Å²) in [6, 6.07) is 12.5. The van der Waals surface area contributed by atoms with Gasteiger partial charge in [-0.05, 0) is 48.9 Å². The van der Waals surface area contributed by atoms with Crippen LogP contribution in [0.5, 0.6) is 0 Å². The molecule has 0 unspecified atom stereocenters. The standard InChI is InChI=1S/C17H14F2N4O2S/c1-11-4-2-5-12(10-11)26(24,25)23-16-9-8-15(21-22-16)20-17-13(18)6-3-7-14(17)19/h2-10H,1H3,(H,20,21)(H,22,23). The maximum Gasteiger partial charge on any atom is 0.263 e. The third-order valence-electron chi connectivity index (χ3n) is 3.42. The first kappa shape index (κ1) is 17.7. The fourth-order valence-electron chi connectivity index (χ4n) is 2.18. The van der Waals surface area contributed by atoms with Crippen LogP contribution in [0.15, 0.2) is 59.5 Å². The van der Waals surface area contributed by atoms with Gasteiger partial charge in [0.1, 0.15) is 17.3 Å². The van der Waals surface area contributed by atoms with Crippen LogP contribution in [0.4, 0.5) is 26.1 Å². The molecule has 0 aliphatic carbocycles. The lowest BCUT2D eigenvalue weighted by Gasteiger charge is -2.09. The number of hydrogen-bond acceptors (Lipinski definition) is 5. The fraction of sp³-hybridized carbons (Fsp3) is 0.0588. The zero-order valence-electron chi connectivity index (χ0n) is 13.6. The quantitative estimate of drug-likeness (QED) is 0.711. The van der Waals surface area contributed by atoms with E-state index in [0.29, 0.717) is 0 Å². The molecular formula is C17H14F2N4O2S. The molecule has 0 radical (unpaired) electrons. The van der Waals surface area contributed by atoms with E-state index in [1.54, 1.807) is 19.1 Å². The van der Waals surface area contributed by atoms with Crippen LogP contribution in [0.3, 0.4) is 0 Å². The summed E-state index contributed by atoms with van der Waals surface area (Å²) in [5, 5.41) is 9.92. The Balaban J connectivity index is 1.78. The van der Waals surface area contributed by atoms with Crippen LogP contribution in [-0.4, -0.2) is 18.6 Å². The molecule has 6 nitrogen and oxygen atoms in total. The van der Waals surface area contributed by atoms with Crippen molar-refractivity contribution in [3.63, 3.8) is 0 Å². The third kappa shape index (κ3) is 3.94. The van der Waals surface area contributed by atoms with Gasteiger partial charge in [-0.25, -0.2) is 17.2 Å².